The molecular weight excluding hydrogens is 135 g/mol. The van der Waals surface area contributed by atoms with Crippen molar-refractivity contribution in [2.24, 2.45) is 0 Å². The zero-order chi connectivity index (χ0) is 7.98. The Kier molecular flexibility index (Phi) is 4.20. The highest BCUT2D eigenvalue weighted by molar-refractivity contribution is 5.71. The molecule has 3 heteroatoms. The lowest BCUT2D eigenvalue weighted by molar-refractivity contribution is -0.142. The highest BCUT2D eigenvalue weighted by Crippen LogP contribution is 1.94. The third-order valence-corrected chi connectivity index (χ3v) is 0.701. The Hall–Kier alpha value is -1.12. The first-order valence-corrected chi connectivity index (χ1v) is 2.76. The molecule has 0 aromatic rings. The van der Waals surface area contributed by atoms with Gasteiger partial charge < -0.3 is 4.74 Å². The standard InChI is InChI=1S/C7H9FO2/c1-3-4-7(9)10-5-6(2)8/h3H,1-2,4-5H2. The minimum absolute atomic E-state index is 0.104. The number of carbonyl (C=O) groups excluding carboxylic acids is 1. The van der Waals surface area contributed by atoms with Crippen LogP contribution >= 0.6 is 0 Å². The number of esters is 1. The van der Waals surface area contributed by atoms with E-state index in [1.807, 2.05) is 0 Å². The van der Waals surface area contributed by atoms with Crippen molar-refractivity contribution < 1.29 is 13.9 Å². The molecule has 0 bridgehead atoms. The van der Waals surface area contributed by atoms with E-state index in [0.29, 0.717) is 0 Å². The number of carbonyl (C=O) groups is 1. The summed E-state index contributed by atoms with van der Waals surface area (Å²) < 4.78 is 16.2. The molecule has 0 aliphatic heterocycles. The van der Waals surface area contributed by atoms with Crippen LogP contribution in [-0.2, 0) is 9.53 Å². The Bertz CT molecular complexity index is 152. The van der Waals surface area contributed by atoms with Crippen molar-refractivity contribution in [3.63, 3.8) is 0 Å². The van der Waals surface area contributed by atoms with Gasteiger partial charge in [-0.1, -0.05) is 12.7 Å². The lowest BCUT2D eigenvalue weighted by Crippen LogP contribution is -2.03. The number of hydrogen-bond acceptors (Lipinski definition) is 2. The molecule has 0 amide bonds. The van der Waals surface area contributed by atoms with Crippen molar-refractivity contribution in [1.29, 1.82) is 0 Å². The second-order valence-corrected chi connectivity index (χ2v) is 1.67. The summed E-state index contributed by atoms with van der Waals surface area (Å²) in [5, 5.41) is 0. The van der Waals surface area contributed by atoms with Crippen molar-refractivity contribution >= 4 is 5.97 Å². The average molecular weight is 144 g/mol. The molecule has 0 N–H and O–H groups in total. The maximum atomic E-state index is 11.8. The number of ether oxygens (including phenoxy) is 1. The molecule has 0 aliphatic carbocycles. The van der Waals surface area contributed by atoms with E-state index in [0.717, 1.165) is 0 Å². The van der Waals surface area contributed by atoms with Crippen molar-refractivity contribution in [2.45, 2.75) is 6.42 Å². The first kappa shape index (κ1) is 8.88. The molecule has 0 unspecified atom stereocenters. The maximum absolute atomic E-state index is 11.8. The van der Waals surface area contributed by atoms with Crippen LogP contribution in [0.15, 0.2) is 25.1 Å². The van der Waals surface area contributed by atoms with Crippen LogP contribution in [-0.4, -0.2) is 12.6 Å². The minimum Gasteiger partial charge on any atom is -0.458 e. The smallest absolute Gasteiger partial charge is 0.310 e. The molecule has 0 rings (SSSR count). The third-order valence-electron chi connectivity index (χ3n) is 0.701. The molecular formula is C7H9FO2. The topological polar surface area (TPSA) is 26.3 Å². The molecule has 0 spiro atoms. The molecule has 2 nitrogen and oxygen atoms in total. The van der Waals surface area contributed by atoms with Crippen LogP contribution in [0.1, 0.15) is 6.42 Å². The van der Waals surface area contributed by atoms with E-state index in [1.54, 1.807) is 0 Å². The average Bonchev–Trinajstić information content (AvgIpc) is 1.85. The second kappa shape index (κ2) is 4.73. The first-order chi connectivity index (χ1) is 4.66. The molecule has 0 aromatic carbocycles. The Balaban J connectivity index is 3.39. The molecule has 0 radical (unpaired) electrons. The summed E-state index contributed by atoms with van der Waals surface area (Å²) in [6, 6.07) is 0. The van der Waals surface area contributed by atoms with Gasteiger partial charge in [0.15, 0.2) is 0 Å². The van der Waals surface area contributed by atoms with Crippen molar-refractivity contribution in [1.82, 2.24) is 0 Å². The quantitative estimate of drug-likeness (QED) is 0.442. The Morgan fingerprint density at radius 1 is 1.70 bits per heavy atom. The van der Waals surface area contributed by atoms with Gasteiger partial charge in [-0.15, -0.1) is 6.58 Å². The van der Waals surface area contributed by atoms with Crippen LogP contribution in [0.5, 0.6) is 0 Å². The normalized spacial score (nSPS) is 8.50. The van der Waals surface area contributed by atoms with Crippen molar-refractivity contribution in [3.05, 3.63) is 25.1 Å². The van der Waals surface area contributed by atoms with E-state index < -0.39 is 11.8 Å². The van der Waals surface area contributed by atoms with Gasteiger partial charge in [0.2, 0.25) is 0 Å². The number of rotatable bonds is 4. The molecule has 56 valence electrons. The maximum Gasteiger partial charge on any atom is 0.310 e. The van der Waals surface area contributed by atoms with Crippen molar-refractivity contribution in [2.75, 3.05) is 6.61 Å². The minimum atomic E-state index is -0.655. The zero-order valence-corrected chi connectivity index (χ0v) is 5.60. The van der Waals surface area contributed by atoms with E-state index in [2.05, 4.69) is 17.9 Å². The fraction of sp³-hybridized carbons (Fsp3) is 0.286. The van der Waals surface area contributed by atoms with E-state index in [4.69, 9.17) is 0 Å². The van der Waals surface area contributed by atoms with Crippen LogP contribution in [0.4, 0.5) is 4.39 Å². The second-order valence-electron chi connectivity index (χ2n) is 1.67. The molecule has 0 saturated heterocycles. The lowest BCUT2D eigenvalue weighted by Gasteiger charge is -1.98. The Labute approximate surface area is 59.0 Å². The third kappa shape index (κ3) is 5.03. The number of halogens is 1. The fourth-order valence-corrected chi connectivity index (χ4v) is 0.336. The number of hydrogen-bond donors (Lipinski definition) is 0. The van der Waals surface area contributed by atoms with Crippen LogP contribution in [0, 0.1) is 0 Å². The molecule has 0 saturated carbocycles. The Morgan fingerprint density at radius 3 is 2.70 bits per heavy atom. The molecule has 0 fully saturated rings. The first-order valence-electron chi connectivity index (χ1n) is 2.76. The molecule has 0 atom stereocenters. The Morgan fingerprint density at radius 2 is 2.30 bits per heavy atom. The summed E-state index contributed by atoms with van der Waals surface area (Å²) in [6.07, 6.45) is 1.50. The summed E-state index contributed by atoms with van der Waals surface area (Å²) in [7, 11) is 0. The largest absolute Gasteiger partial charge is 0.458 e. The molecule has 0 heterocycles. The predicted molar refractivity (Wildman–Crippen MR) is 36.0 cm³/mol. The van der Waals surface area contributed by atoms with Crippen LogP contribution < -0.4 is 0 Å². The van der Waals surface area contributed by atoms with Crippen molar-refractivity contribution in [3.8, 4) is 0 Å². The summed E-state index contributed by atoms with van der Waals surface area (Å²) in [4.78, 5) is 10.4. The van der Waals surface area contributed by atoms with Gasteiger partial charge in [0, 0.05) is 0 Å². The van der Waals surface area contributed by atoms with E-state index in [9.17, 15) is 9.18 Å². The highest BCUT2D eigenvalue weighted by atomic mass is 19.1. The summed E-state index contributed by atoms with van der Waals surface area (Å²) >= 11 is 0. The molecule has 10 heavy (non-hydrogen) atoms. The summed E-state index contributed by atoms with van der Waals surface area (Å²) in [6.45, 7) is 5.87. The van der Waals surface area contributed by atoms with Gasteiger partial charge in [-0.3, -0.25) is 4.79 Å². The zero-order valence-electron chi connectivity index (χ0n) is 5.60. The van der Waals surface area contributed by atoms with Gasteiger partial charge in [-0.25, -0.2) is 4.39 Å². The lowest BCUT2D eigenvalue weighted by atomic mass is 10.4. The fourth-order valence-electron chi connectivity index (χ4n) is 0.336. The van der Waals surface area contributed by atoms with Crippen LogP contribution in [0.3, 0.4) is 0 Å². The monoisotopic (exact) mass is 144 g/mol. The van der Waals surface area contributed by atoms with Crippen LogP contribution in [0.25, 0.3) is 0 Å². The van der Waals surface area contributed by atoms with Gasteiger partial charge >= 0.3 is 5.97 Å². The predicted octanol–water partition coefficient (Wildman–Crippen LogP) is 1.59. The highest BCUT2D eigenvalue weighted by Gasteiger charge is 1.98. The van der Waals surface area contributed by atoms with E-state index >= 15 is 0 Å². The van der Waals surface area contributed by atoms with Crippen LogP contribution in [0.2, 0.25) is 0 Å². The van der Waals surface area contributed by atoms with Gasteiger partial charge in [0.1, 0.15) is 12.4 Å². The van der Waals surface area contributed by atoms with Gasteiger partial charge in [0.05, 0.1) is 6.42 Å². The van der Waals surface area contributed by atoms with Gasteiger partial charge in [-0.05, 0) is 0 Å². The van der Waals surface area contributed by atoms with E-state index in [-0.39, 0.29) is 13.0 Å². The summed E-state index contributed by atoms with van der Waals surface area (Å²) in [5.74, 6) is -1.15. The molecule has 0 aliphatic rings. The summed E-state index contributed by atoms with van der Waals surface area (Å²) in [5.41, 5.74) is 0. The van der Waals surface area contributed by atoms with Gasteiger partial charge in [0.25, 0.3) is 0 Å². The molecule has 0 aromatic heterocycles. The SMILES string of the molecule is C=CCC(=O)OCC(=C)F. The van der Waals surface area contributed by atoms with E-state index in [1.165, 1.54) is 6.08 Å². The van der Waals surface area contributed by atoms with Gasteiger partial charge in [-0.2, -0.15) is 0 Å².